The van der Waals surface area contributed by atoms with Crippen LogP contribution in [0.1, 0.15) is 92.1 Å². The van der Waals surface area contributed by atoms with Crippen LogP contribution in [0.25, 0.3) is 32.9 Å². The number of phenols is 1. The number of benzene rings is 3. The summed E-state index contributed by atoms with van der Waals surface area (Å²) < 4.78 is 38.5. The number of carbonyl (C=O) groups excluding carboxylic acids is 3. The molecule has 1 spiro atoms. The summed E-state index contributed by atoms with van der Waals surface area (Å²) >= 11 is 0. The molecule has 0 unspecified atom stereocenters. The quantitative estimate of drug-likeness (QED) is 0.112. The first-order valence-electron chi connectivity index (χ1n) is 26.1. The Bertz CT molecular complexity index is 3030. The highest BCUT2D eigenvalue weighted by molar-refractivity contribution is 6.07. The number of aromatic hydroxyl groups is 1. The third-order valence-electron chi connectivity index (χ3n) is 16.9. The predicted octanol–water partition coefficient (Wildman–Crippen LogP) is 7.42. The summed E-state index contributed by atoms with van der Waals surface area (Å²) in [7, 11) is 0. The SMILES string of the molecule is C#Cc1c(F)ccc2cc(O)cc(-c3ncc4c(N5CCC[C@@H](O)C5)nc(OCC5(CN6CCN(CC7CCC8(CC7)CCN(C(=O)c7ccc(C)c(N9CCC(=O)NC9=O)c7)CC8)CC6)CC5)nc4c3F)c12. The lowest BCUT2D eigenvalue weighted by Gasteiger charge is -2.47. The van der Waals surface area contributed by atoms with Gasteiger partial charge in [-0.05, 0) is 124 Å². The Labute approximate surface area is 423 Å². The van der Waals surface area contributed by atoms with E-state index in [1.807, 2.05) is 28.9 Å². The number of piperazine rings is 1. The lowest BCUT2D eigenvalue weighted by atomic mass is 9.65. The second-order valence-electron chi connectivity index (χ2n) is 21.8. The molecule has 6 aliphatic rings. The number of rotatable bonds is 11. The number of amides is 4. The van der Waals surface area contributed by atoms with Crippen LogP contribution in [0.2, 0.25) is 0 Å². The Morgan fingerprint density at radius 2 is 1.68 bits per heavy atom. The number of carbonyl (C=O) groups is 3. The number of β-amino-alcohol motifs (C(OH)–C–C–N with tert-alkyl or cyclic N) is 1. The predicted molar refractivity (Wildman–Crippen MR) is 273 cm³/mol. The molecule has 4 saturated heterocycles. The minimum absolute atomic E-state index is 0.00681. The van der Waals surface area contributed by atoms with Gasteiger partial charge in [0.15, 0.2) is 5.82 Å². The van der Waals surface area contributed by atoms with Crippen molar-refractivity contribution in [3.05, 3.63) is 77.0 Å². The number of piperidine rings is 2. The van der Waals surface area contributed by atoms with Gasteiger partial charge in [0.2, 0.25) is 5.91 Å². The minimum Gasteiger partial charge on any atom is -0.508 e. The molecular formula is C56H63F2N9O6. The van der Waals surface area contributed by atoms with Crippen molar-refractivity contribution in [1.29, 1.82) is 0 Å². The Morgan fingerprint density at radius 1 is 0.918 bits per heavy atom. The van der Waals surface area contributed by atoms with Crippen LogP contribution < -0.4 is 19.9 Å². The highest BCUT2D eigenvalue weighted by Gasteiger charge is 2.46. The number of aliphatic hydroxyl groups is 1. The van der Waals surface area contributed by atoms with Crippen molar-refractivity contribution >= 4 is 51.0 Å². The molecule has 6 fully saturated rings. The Balaban J connectivity index is 0.691. The fraction of sp³-hybridized carbons (Fsp3) is 0.500. The first-order valence-corrected chi connectivity index (χ1v) is 26.1. The summed E-state index contributed by atoms with van der Waals surface area (Å²) in [4.78, 5) is 62.6. The van der Waals surface area contributed by atoms with Gasteiger partial charge in [0.1, 0.15) is 28.6 Å². The number of fused-ring (bicyclic) bond motifs is 2. The summed E-state index contributed by atoms with van der Waals surface area (Å²) in [5.41, 5.74) is 2.21. The summed E-state index contributed by atoms with van der Waals surface area (Å²) in [6.45, 7) is 10.9. The molecule has 73 heavy (non-hydrogen) atoms. The van der Waals surface area contributed by atoms with Gasteiger partial charge < -0.3 is 34.5 Å². The first-order chi connectivity index (χ1) is 35.3. The number of aliphatic hydroxyl groups excluding tert-OH is 1. The van der Waals surface area contributed by atoms with E-state index in [1.165, 1.54) is 56.1 Å². The number of aryl methyl sites for hydroxylation is 1. The highest BCUT2D eigenvalue weighted by Crippen LogP contribution is 2.48. The number of hydrogen-bond acceptors (Lipinski definition) is 12. The molecule has 2 aliphatic carbocycles. The number of phenolic OH excluding ortho intramolecular Hbond substituents is 1. The molecule has 0 radical (unpaired) electrons. The second-order valence-corrected chi connectivity index (χ2v) is 21.8. The number of aromatic nitrogens is 3. The van der Waals surface area contributed by atoms with Crippen LogP contribution in [-0.4, -0.2) is 142 Å². The summed E-state index contributed by atoms with van der Waals surface area (Å²) in [5, 5.41) is 24.7. The number of halogens is 2. The van der Waals surface area contributed by atoms with Crippen LogP contribution in [0, 0.1) is 47.6 Å². The number of nitrogens with one attached hydrogen (secondary N) is 1. The average molecular weight is 996 g/mol. The van der Waals surface area contributed by atoms with Gasteiger partial charge >= 0.3 is 12.0 Å². The van der Waals surface area contributed by atoms with Crippen LogP contribution in [0.15, 0.2) is 48.7 Å². The molecule has 11 rings (SSSR count). The van der Waals surface area contributed by atoms with Crippen LogP contribution in [0.4, 0.5) is 25.1 Å². The van der Waals surface area contributed by atoms with E-state index in [4.69, 9.17) is 16.1 Å². The Kier molecular flexibility index (Phi) is 13.2. The van der Waals surface area contributed by atoms with Crippen LogP contribution in [0.5, 0.6) is 11.8 Å². The van der Waals surface area contributed by atoms with E-state index in [-0.39, 0.29) is 68.5 Å². The molecule has 1 atom stereocenters. The third kappa shape index (κ3) is 9.89. The standard InChI is InChI=1S/C56H63F2N9O6/c1-3-41-44(57)9-8-37-27-40(69)29-42(47(37)41)49-48(58)50-43(30-59-49)51(66-19-4-5-39(68)32-66)62-53(61-50)73-34-56(15-16-56)33-64-25-23-63(24-26-64)31-36-10-13-55(14-11-36)17-21-65(22-18-55)52(71)38-7-6-35(2)45(28-38)67-20-12-46(70)60-54(67)72/h1,6-9,27-30,36,39,68-69H,4-5,10-26,31-34H2,2H3,(H,60,70,72)/t39-/m1/s1. The van der Waals surface area contributed by atoms with Crippen molar-refractivity contribution in [1.82, 2.24) is 35.0 Å². The molecule has 3 N–H and O–H groups in total. The zero-order valence-electron chi connectivity index (χ0n) is 41.5. The number of urea groups is 1. The molecule has 4 amide bonds. The summed E-state index contributed by atoms with van der Waals surface area (Å²) in [6.07, 6.45) is 17.1. The molecule has 2 saturated carbocycles. The van der Waals surface area contributed by atoms with Gasteiger partial charge in [-0.25, -0.2) is 13.6 Å². The molecule has 4 aliphatic heterocycles. The van der Waals surface area contributed by atoms with Crippen molar-refractivity contribution in [3.63, 3.8) is 0 Å². The van der Waals surface area contributed by atoms with Gasteiger partial charge in [-0.3, -0.25) is 24.8 Å². The van der Waals surface area contributed by atoms with Crippen molar-refractivity contribution in [2.24, 2.45) is 16.7 Å². The maximum atomic E-state index is 17.0. The van der Waals surface area contributed by atoms with Gasteiger partial charge in [0, 0.05) is 112 Å². The topological polar surface area (TPSA) is 168 Å². The van der Waals surface area contributed by atoms with Crippen LogP contribution in [-0.2, 0) is 4.79 Å². The second kappa shape index (κ2) is 19.7. The van der Waals surface area contributed by atoms with E-state index in [2.05, 4.69) is 31.0 Å². The van der Waals surface area contributed by atoms with E-state index in [0.717, 1.165) is 90.0 Å². The van der Waals surface area contributed by atoms with Crippen molar-refractivity contribution in [2.75, 3.05) is 88.4 Å². The number of hydrogen-bond donors (Lipinski definition) is 3. The van der Waals surface area contributed by atoms with Crippen molar-refractivity contribution in [2.45, 2.75) is 83.7 Å². The maximum absolute atomic E-state index is 17.0. The highest BCUT2D eigenvalue weighted by atomic mass is 19.1. The van der Waals surface area contributed by atoms with Gasteiger partial charge in [0.25, 0.3) is 5.91 Å². The lowest BCUT2D eigenvalue weighted by molar-refractivity contribution is -0.120. The maximum Gasteiger partial charge on any atom is 0.328 e. The normalized spacial score (nSPS) is 21.7. The molecule has 382 valence electrons. The number of pyridine rings is 1. The molecule has 3 aromatic carbocycles. The average Bonchev–Trinajstić information content (AvgIpc) is 4.16. The molecule has 17 heteroatoms. The van der Waals surface area contributed by atoms with E-state index in [1.54, 1.807) is 11.0 Å². The monoisotopic (exact) mass is 995 g/mol. The number of terminal acetylenes is 1. The van der Waals surface area contributed by atoms with E-state index in [9.17, 15) is 24.6 Å². The number of likely N-dealkylation sites (tertiary alicyclic amines) is 1. The molecule has 6 heterocycles. The fourth-order valence-corrected chi connectivity index (χ4v) is 12.3. The van der Waals surface area contributed by atoms with Gasteiger partial charge in [-0.15, -0.1) is 6.42 Å². The molecule has 5 aromatic rings. The molecule has 0 bridgehead atoms. The number of imide groups is 1. The largest absolute Gasteiger partial charge is 0.508 e. The van der Waals surface area contributed by atoms with E-state index in [0.29, 0.717) is 66.4 Å². The van der Waals surface area contributed by atoms with Crippen LogP contribution >= 0.6 is 0 Å². The minimum atomic E-state index is -0.786. The van der Waals surface area contributed by atoms with Gasteiger partial charge in [-0.1, -0.05) is 18.1 Å². The smallest absolute Gasteiger partial charge is 0.328 e. The molecule has 2 aromatic heterocycles. The number of nitrogens with zero attached hydrogens (tertiary/aromatic N) is 8. The van der Waals surface area contributed by atoms with Crippen molar-refractivity contribution < 1.29 is 38.1 Å². The van der Waals surface area contributed by atoms with Crippen LogP contribution in [0.3, 0.4) is 0 Å². The van der Waals surface area contributed by atoms with E-state index < -0.39 is 23.8 Å². The number of ether oxygens (including phenoxy) is 1. The Morgan fingerprint density at radius 3 is 2.41 bits per heavy atom. The summed E-state index contributed by atoms with van der Waals surface area (Å²) in [5.74, 6) is 1.59. The van der Waals surface area contributed by atoms with Gasteiger partial charge in [0.05, 0.1) is 23.7 Å². The lowest BCUT2D eigenvalue weighted by Crippen LogP contribution is -2.50. The Hall–Kier alpha value is -6.48. The molecular weight excluding hydrogens is 933 g/mol. The third-order valence-corrected chi connectivity index (χ3v) is 16.9. The number of anilines is 2. The zero-order chi connectivity index (χ0) is 50.6. The fourth-order valence-electron chi connectivity index (χ4n) is 12.3. The van der Waals surface area contributed by atoms with Gasteiger partial charge in [-0.2, -0.15) is 9.97 Å². The van der Waals surface area contributed by atoms with E-state index >= 15 is 8.78 Å². The van der Waals surface area contributed by atoms with Crippen molar-refractivity contribution in [3.8, 4) is 35.4 Å². The molecule has 15 nitrogen and oxygen atoms in total. The zero-order valence-corrected chi connectivity index (χ0v) is 41.5. The summed E-state index contributed by atoms with van der Waals surface area (Å²) in [6, 6.07) is 10.6. The first kappa shape index (κ1) is 48.8.